The minimum Gasteiger partial charge on any atom is -0.494 e. The van der Waals surface area contributed by atoms with Crippen LogP contribution >= 0.6 is 0 Å². The molecule has 1 aromatic rings. The number of non-ortho nitro benzene ring substituents is 1. The zero-order chi connectivity index (χ0) is 11.6. The molecule has 0 aliphatic carbocycles. The van der Waals surface area contributed by atoms with Crippen molar-refractivity contribution in [3.05, 3.63) is 34.1 Å². The number of rotatable bonds is 2. The van der Waals surface area contributed by atoms with E-state index in [-0.39, 0.29) is 0 Å². The summed E-state index contributed by atoms with van der Waals surface area (Å²) in [6, 6.07) is 2.46. The summed E-state index contributed by atoms with van der Waals surface area (Å²) in [5.41, 5.74) is -0.467. The van der Waals surface area contributed by atoms with E-state index in [1.165, 1.54) is 0 Å². The van der Waals surface area contributed by atoms with E-state index in [0.29, 0.717) is 6.07 Å². The zero-order valence-electron chi connectivity index (χ0n) is 8.78. The molecule has 0 spiro atoms. The molecule has 0 amide bonds. The van der Waals surface area contributed by atoms with Gasteiger partial charge in [-0.1, -0.05) is 0 Å². The summed E-state index contributed by atoms with van der Waals surface area (Å²) >= 11 is 0. The predicted molar refractivity (Wildman–Crippen MR) is 39.6 cm³/mol. The molecule has 0 radical (unpaired) electrons. The summed E-state index contributed by atoms with van der Waals surface area (Å²) < 4.78 is 37.5. The smallest absolute Gasteiger partial charge is 0.272 e. The van der Waals surface area contributed by atoms with E-state index in [4.69, 9.17) is 4.11 Å². The van der Waals surface area contributed by atoms with Crippen LogP contribution in [0.2, 0.25) is 0 Å². The van der Waals surface area contributed by atoms with E-state index < -0.39 is 29.2 Å². The summed E-state index contributed by atoms with van der Waals surface area (Å²) in [5, 5.41) is 10.2. The van der Waals surface area contributed by atoms with E-state index in [1.807, 2.05) is 0 Å². The highest BCUT2D eigenvalue weighted by Gasteiger charge is 2.09. The predicted octanol–water partition coefficient (Wildman–Crippen LogP) is 1.74. The Balaban J connectivity index is 2.99. The molecule has 1 rings (SSSR count). The molecule has 0 aliphatic heterocycles. The summed E-state index contributed by atoms with van der Waals surface area (Å²) in [4.78, 5) is 9.45. The number of nitro groups is 1. The fourth-order valence-corrected chi connectivity index (χ4v) is 0.686. The number of nitro benzene ring substituents is 1. The van der Waals surface area contributed by atoms with Gasteiger partial charge in [0, 0.05) is 6.07 Å². The van der Waals surface area contributed by atoms with Crippen LogP contribution in [-0.2, 0) is 0 Å². The van der Waals surface area contributed by atoms with Crippen LogP contribution in [0.3, 0.4) is 0 Å². The summed E-state index contributed by atoms with van der Waals surface area (Å²) in [5.74, 6) is -1.62. The molecule has 64 valence electrons. The average Bonchev–Trinajstić information content (AvgIpc) is 2.05. The van der Waals surface area contributed by atoms with Crippen LogP contribution in [0, 0.1) is 15.9 Å². The van der Waals surface area contributed by atoms with Crippen LogP contribution in [0.4, 0.5) is 10.1 Å². The molecule has 0 heterocycles. The molecular formula is C7H6FNO3. The summed E-state index contributed by atoms with van der Waals surface area (Å²) in [6.07, 6.45) is 0. The molecule has 0 bridgehead atoms. The SMILES string of the molecule is [2H]C([2H])([2H])Oc1ccc([N+](=O)[O-])cc1F. The number of hydrogen-bond donors (Lipinski definition) is 0. The molecule has 1 aromatic carbocycles. The molecule has 0 atom stereocenters. The van der Waals surface area contributed by atoms with Gasteiger partial charge in [-0.15, -0.1) is 0 Å². The third kappa shape index (κ3) is 1.50. The normalized spacial score (nSPS) is 14.2. The third-order valence-electron chi connectivity index (χ3n) is 1.24. The Morgan fingerprint density at radius 1 is 1.75 bits per heavy atom. The molecule has 0 aromatic heterocycles. The molecule has 0 aliphatic rings. The van der Waals surface area contributed by atoms with Crippen LogP contribution in [0.1, 0.15) is 4.11 Å². The zero-order valence-corrected chi connectivity index (χ0v) is 5.78. The van der Waals surface area contributed by atoms with Crippen LogP contribution in [-0.4, -0.2) is 12.0 Å². The standard InChI is InChI=1S/C7H6FNO3/c1-12-7-3-2-5(9(10)11)4-6(7)8/h2-4H,1H3/i1D3. The van der Waals surface area contributed by atoms with Gasteiger partial charge in [0.15, 0.2) is 11.6 Å². The van der Waals surface area contributed by atoms with E-state index in [0.717, 1.165) is 12.1 Å². The maximum Gasteiger partial charge on any atom is 0.272 e. The highest BCUT2D eigenvalue weighted by atomic mass is 19.1. The number of hydrogen-bond acceptors (Lipinski definition) is 3. The Bertz CT molecular complexity index is 394. The number of ether oxygens (including phenoxy) is 1. The lowest BCUT2D eigenvalue weighted by Gasteiger charge is -1.99. The number of methoxy groups -OCH3 is 1. The van der Waals surface area contributed by atoms with E-state index >= 15 is 0 Å². The van der Waals surface area contributed by atoms with Crippen LogP contribution in [0.5, 0.6) is 5.75 Å². The second kappa shape index (κ2) is 3.17. The molecule has 0 N–H and O–H groups in total. The van der Waals surface area contributed by atoms with Crippen molar-refractivity contribution in [2.75, 3.05) is 7.04 Å². The number of nitrogens with zero attached hydrogens (tertiary/aromatic N) is 1. The molecular weight excluding hydrogens is 165 g/mol. The van der Waals surface area contributed by atoms with Gasteiger partial charge < -0.3 is 4.74 Å². The van der Waals surface area contributed by atoms with Crippen molar-refractivity contribution in [2.45, 2.75) is 0 Å². The van der Waals surface area contributed by atoms with E-state index in [9.17, 15) is 14.5 Å². The first-order valence-corrected chi connectivity index (χ1v) is 2.92. The molecule has 5 heteroatoms. The first-order chi connectivity index (χ1) is 6.79. The summed E-state index contributed by atoms with van der Waals surface area (Å²) in [7, 11) is -2.78. The van der Waals surface area contributed by atoms with Crippen molar-refractivity contribution in [2.24, 2.45) is 0 Å². The van der Waals surface area contributed by atoms with Gasteiger partial charge in [-0.3, -0.25) is 10.1 Å². The van der Waals surface area contributed by atoms with Crippen molar-refractivity contribution in [1.29, 1.82) is 0 Å². The average molecular weight is 174 g/mol. The van der Waals surface area contributed by atoms with Gasteiger partial charge in [-0.05, 0) is 6.07 Å². The first-order valence-electron chi connectivity index (χ1n) is 4.42. The fourth-order valence-electron chi connectivity index (χ4n) is 0.686. The third-order valence-corrected chi connectivity index (χ3v) is 1.24. The number of halogens is 1. The summed E-state index contributed by atoms with van der Waals surface area (Å²) in [6.45, 7) is 0. The lowest BCUT2D eigenvalue weighted by Crippen LogP contribution is -1.91. The fraction of sp³-hybridized carbons (Fsp3) is 0.143. The second-order valence-electron chi connectivity index (χ2n) is 1.97. The maximum absolute atomic E-state index is 13.1. The monoisotopic (exact) mass is 174 g/mol. The van der Waals surface area contributed by atoms with Gasteiger partial charge in [-0.25, -0.2) is 4.39 Å². The Morgan fingerprint density at radius 3 is 3.00 bits per heavy atom. The van der Waals surface area contributed by atoms with E-state index in [1.54, 1.807) is 0 Å². The van der Waals surface area contributed by atoms with Gasteiger partial charge >= 0.3 is 0 Å². The van der Waals surface area contributed by atoms with Crippen molar-refractivity contribution < 1.29 is 18.2 Å². The molecule has 12 heavy (non-hydrogen) atoms. The Morgan fingerprint density at radius 2 is 2.50 bits per heavy atom. The number of benzene rings is 1. The lowest BCUT2D eigenvalue weighted by atomic mass is 10.3. The minimum atomic E-state index is -2.78. The lowest BCUT2D eigenvalue weighted by molar-refractivity contribution is -0.385. The Kier molecular flexibility index (Phi) is 1.34. The van der Waals surface area contributed by atoms with Crippen molar-refractivity contribution in [1.82, 2.24) is 0 Å². The molecule has 0 saturated carbocycles. The van der Waals surface area contributed by atoms with Gasteiger partial charge in [0.25, 0.3) is 5.69 Å². The van der Waals surface area contributed by atoms with Crippen molar-refractivity contribution in [3.8, 4) is 5.75 Å². The van der Waals surface area contributed by atoms with E-state index in [2.05, 4.69) is 4.74 Å². The van der Waals surface area contributed by atoms with Crippen LogP contribution < -0.4 is 4.74 Å². The molecule has 4 nitrogen and oxygen atoms in total. The van der Waals surface area contributed by atoms with Gasteiger partial charge in [0.05, 0.1) is 22.1 Å². The second-order valence-corrected chi connectivity index (χ2v) is 1.97. The highest BCUT2D eigenvalue weighted by molar-refractivity contribution is 5.37. The van der Waals surface area contributed by atoms with Gasteiger partial charge in [-0.2, -0.15) is 0 Å². The van der Waals surface area contributed by atoms with Crippen LogP contribution in [0.25, 0.3) is 0 Å². The molecule has 0 saturated heterocycles. The molecule has 0 unspecified atom stereocenters. The topological polar surface area (TPSA) is 52.4 Å². The largest absolute Gasteiger partial charge is 0.494 e. The highest BCUT2D eigenvalue weighted by Crippen LogP contribution is 2.21. The Labute approximate surface area is 71.9 Å². The quantitative estimate of drug-likeness (QED) is 0.506. The van der Waals surface area contributed by atoms with Crippen molar-refractivity contribution in [3.63, 3.8) is 0 Å². The first kappa shape index (κ1) is 5.08. The van der Waals surface area contributed by atoms with Gasteiger partial charge in [0.1, 0.15) is 0 Å². The maximum atomic E-state index is 13.1. The van der Waals surface area contributed by atoms with Gasteiger partial charge in [0.2, 0.25) is 0 Å². The van der Waals surface area contributed by atoms with Crippen LogP contribution in [0.15, 0.2) is 18.2 Å². The Hall–Kier alpha value is -1.65. The van der Waals surface area contributed by atoms with Crippen molar-refractivity contribution >= 4 is 5.69 Å². The molecule has 0 fully saturated rings. The minimum absolute atomic E-state index is 0.467.